The monoisotopic (exact) mass is 202 g/mol. The zero-order valence-corrected chi connectivity index (χ0v) is 6.89. The number of fused-ring (bicyclic) bond motifs is 1. The van der Waals surface area contributed by atoms with E-state index in [2.05, 4.69) is 0 Å². The summed E-state index contributed by atoms with van der Waals surface area (Å²) in [6, 6.07) is 3.46. The van der Waals surface area contributed by atoms with Crippen LogP contribution < -0.4 is 4.74 Å². The van der Waals surface area contributed by atoms with E-state index in [1.807, 2.05) is 0 Å². The van der Waals surface area contributed by atoms with Crippen LogP contribution in [-0.2, 0) is 6.18 Å². The first-order chi connectivity index (χ1) is 6.50. The van der Waals surface area contributed by atoms with E-state index in [4.69, 9.17) is 4.74 Å². The summed E-state index contributed by atoms with van der Waals surface area (Å²) in [6.45, 7) is -0.303. The molecule has 0 aromatic heterocycles. The molecule has 0 amide bonds. The Hall–Kier alpha value is -1.52. The lowest BCUT2D eigenvalue weighted by atomic mass is 10.0. The van der Waals surface area contributed by atoms with Crippen molar-refractivity contribution in [2.75, 3.05) is 6.61 Å². The number of ether oxygens (including phenoxy) is 1. The Kier molecular flexibility index (Phi) is 1.77. The average molecular weight is 202 g/mol. The van der Waals surface area contributed by atoms with Crippen LogP contribution in [0.1, 0.15) is 15.9 Å². The number of ketones is 1. The summed E-state index contributed by atoms with van der Waals surface area (Å²) >= 11 is 0. The molecule has 1 aromatic rings. The van der Waals surface area contributed by atoms with Gasteiger partial charge in [-0.05, 0) is 12.1 Å². The number of rotatable bonds is 0. The molecular formula is C9H5F3O2. The molecule has 14 heavy (non-hydrogen) atoms. The maximum atomic E-state index is 12.4. The van der Waals surface area contributed by atoms with E-state index in [9.17, 15) is 18.0 Å². The van der Waals surface area contributed by atoms with Crippen molar-refractivity contribution in [3.05, 3.63) is 29.3 Å². The Morgan fingerprint density at radius 3 is 2.64 bits per heavy atom. The van der Waals surface area contributed by atoms with Gasteiger partial charge >= 0.3 is 6.18 Å². The second-order valence-electron chi connectivity index (χ2n) is 2.89. The highest BCUT2D eigenvalue weighted by Gasteiger charge is 2.38. The Morgan fingerprint density at radius 1 is 1.29 bits per heavy atom. The number of halogens is 3. The minimum absolute atomic E-state index is 0.0184. The van der Waals surface area contributed by atoms with Gasteiger partial charge in [0.1, 0.15) is 5.75 Å². The number of hydrogen-bond donors (Lipinski definition) is 0. The quantitative estimate of drug-likeness (QED) is 0.645. The zero-order valence-electron chi connectivity index (χ0n) is 6.89. The first-order valence-corrected chi connectivity index (χ1v) is 3.86. The molecule has 2 rings (SSSR count). The molecule has 0 N–H and O–H groups in total. The van der Waals surface area contributed by atoms with E-state index in [-0.39, 0.29) is 17.9 Å². The Bertz CT molecular complexity index is 396. The van der Waals surface area contributed by atoms with Gasteiger partial charge in [0.05, 0.1) is 11.1 Å². The molecule has 0 spiro atoms. The topological polar surface area (TPSA) is 26.3 Å². The summed E-state index contributed by atoms with van der Waals surface area (Å²) in [4.78, 5) is 11.1. The molecule has 0 atom stereocenters. The highest BCUT2D eigenvalue weighted by Crippen LogP contribution is 2.38. The van der Waals surface area contributed by atoms with E-state index in [1.165, 1.54) is 12.1 Å². The second kappa shape index (κ2) is 2.73. The van der Waals surface area contributed by atoms with Crippen molar-refractivity contribution < 1.29 is 22.7 Å². The molecule has 74 valence electrons. The van der Waals surface area contributed by atoms with Gasteiger partial charge in [-0.15, -0.1) is 0 Å². The number of carbonyl (C=O) groups excluding carboxylic acids is 1. The molecule has 0 saturated carbocycles. The van der Waals surface area contributed by atoms with Crippen molar-refractivity contribution in [3.8, 4) is 5.75 Å². The van der Waals surface area contributed by atoms with Gasteiger partial charge in [0.15, 0.2) is 6.61 Å². The molecule has 5 heteroatoms. The van der Waals surface area contributed by atoms with Gasteiger partial charge in [-0.1, -0.05) is 6.07 Å². The number of carbonyl (C=O) groups is 1. The summed E-state index contributed by atoms with van der Waals surface area (Å²) in [7, 11) is 0. The molecule has 0 bridgehead atoms. The van der Waals surface area contributed by atoms with Crippen LogP contribution in [0.4, 0.5) is 13.2 Å². The van der Waals surface area contributed by atoms with Crippen molar-refractivity contribution in [1.82, 2.24) is 0 Å². The third kappa shape index (κ3) is 1.25. The number of hydrogen-bond acceptors (Lipinski definition) is 2. The smallest absolute Gasteiger partial charge is 0.417 e. The predicted molar refractivity (Wildman–Crippen MR) is 41.3 cm³/mol. The molecule has 1 heterocycles. The van der Waals surface area contributed by atoms with Gasteiger partial charge in [0.2, 0.25) is 5.78 Å². The molecule has 1 aliphatic rings. The maximum Gasteiger partial charge on any atom is 0.417 e. The van der Waals surface area contributed by atoms with Crippen molar-refractivity contribution >= 4 is 5.78 Å². The Balaban J connectivity index is 2.64. The number of alkyl halides is 3. The lowest BCUT2D eigenvalue weighted by Gasteiger charge is -2.08. The highest BCUT2D eigenvalue weighted by atomic mass is 19.4. The van der Waals surface area contributed by atoms with E-state index < -0.39 is 17.5 Å². The minimum atomic E-state index is -4.51. The molecule has 2 nitrogen and oxygen atoms in total. The number of benzene rings is 1. The number of Topliss-reactive ketones (excluding diaryl/α,β-unsaturated/α-hetero) is 1. The average Bonchev–Trinajstić information content (AvgIpc) is 2.46. The van der Waals surface area contributed by atoms with Gasteiger partial charge in [-0.2, -0.15) is 13.2 Å². The molecule has 1 aromatic carbocycles. The third-order valence-corrected chi connectivity index (χ3v) is 1.97. The fourth-order valence-corrected chi connectivity index (χ4v) is 1.39. The van der Waals surface area contributed by atoms with Crippen LogP contribution in [0, 0.1) is 0 Å². The Morgan fingerprint density at radius 2 is 2.00 bits per heavy atom. The van der Waals surface area contributed by atoms with Crippen molar-refractivity contribution in [2.45, 2.75) is 6.18 Å². The summed E-state index contributed by atoms with van der Waals surface area (Å²) in [5, 5.41) is 0. The van der Waals surface area contributed by atoms with Crippen LogP contribution in [-0.4, -0.2) is 12.4 Å². The molecule has 0 unspecified atom stereocenters. The van der Waals surface area contributed by atoms with E-state index in [0.717, 1.165) is 6.07 Å². The first kappa shape index (κ1) is 9.05. The summed E-state index contributed by atoms with van der Waals surface area (Å²) in [5.74, 6) is -0.599. The van der Waals surface area contributed by atoms with Gasteiger partial charge in [-0.3, -0.25) is 4.79 Å². The largest absolute Gasteiger partial charge is 0.485 e. The Labute approximate surface area is 77.3 Å². The predicted octanol–water partition coefficient (Wildman–Crippen LogP) is 2.28. The van der Waals surface area contributed by atoms with Crippen LogP contribution >= 0.6 is 0 Å². The van der Waals surface area contributed by atoms with Crippen molar-refractivity contribution in [1.29, 1.82) is 0 Å². The standard InChI is InChI=1S/C9H5F3O2/c10-9(11,12)5-2-1-3-7-8(5)6(13)4-14-7/h1-3H,4H2. The van der Waals surface area contributed by atoms with Crippen LogP contribution in [0.2, 0.25) is 0 Å². The summed E-state index contributed by atoms with van der Waals surface area (Å²) in [6.07, 6.45) is -4.51. The fourth-order valence-electron chi connectivity index (χ4n) is 1.39. The molecule has 0 radical (unpaired) electrons. The van der Waals surface area contributed by atoms with Crippen LogP contribution in [0.5, 0.6) is 5.75 Å². The third-order valence-electron chi connectivity index (χ3n) is 1.97. The van der Waals surface area contributed by atoms with Gasteiger partial charge < -0.3 is 4.74 Å². The van der Waals surface area contributed by atoms with Crippen LogP contribution in [0.15, 0.2) is 18.2 Å². The molecule has 0 aliphatic carbocycles. The summed E-state index contributed by atoms with van der Waals surface area (Å²) in [5.41, 5.74) is -1.27. The second-order valence-corrected chi connectivity index (χ2v) is 2.89. The summed E-state index contributed by atoms with van der Waals surface area (Å²) < 4.78 is 42.0. The molecule has 1 aliphatic heterocycles. The maximum absolute atomic E-state index is 12.4. The van der Waals surface area contributed by atoms with E-state index in [0.29, 0.717) is 0 Å². The SMILES string of the molecule is O=C1COc2cccc(C(F)(F)F)c21. The van der Waals surface area contributed by atoms with Gasteiger partial charge in [-0.25, -0.2) is 0 Å². The van der Waals surface area contributed by atoms with Gasteiger partial charge in [0.25, 0.3) is 0 Å². The lowest BCUT2D eigenvalue weighted by molar-refractivity contribution is -0.137. The highest BCUT2D eigenvalue weighted by molar-refractivity contribution is 6.03. The molecular weight excluding hydrogens is 197 g/mol. The van der Waals surface area contributed by atoms with Crippen LogP contribution in [0.25, 0.3) is 0 Å². The fraction of sp³-hybridized carbons (Fsp3) is 0.222. The minimum Gasteiger partial charge on any atom is -0.485 e. The normalized spacial score (nSPS) is 15.2. The van der Waals surface area contributed by atoms with Crippen LogP contribution in [0.3, 0.4) is 0 Å². The first-order valence-electron chi connectivity index (χ1n) is 3.86. The lowest BCUT2D eigenvalue weighted by Crippen LogP contribution is -2.11. The molecule has 0 fully saturated rings. The van der Waals surface area contributed by atoms with Crippen molar-refractivity contribution in [3.63, 3.8) is 0 Å². The molecule has 0 saturated heterocycles. The van der Waals surface area contributed by atoms with Crippen molar-refractivity contribution in [2.24, 2.45) is 0 Å². The van der Waals surface area contributed by atoms with E-state index in [1.54, 1.807) is 0 Å². The zero-order chi connectivity index (χ0) is 10.3. The van der Waals surface area contributed by atoms with Gasteiger partial charge in [0, 0.05) is 0 Å². The van der Waals surface area contributed by atoms with E-state index >= 15 is 0 Å².